The van der Waals surface area contributed by atoms with Crippen LogP contribution < -0.4 is 20.3 Å². The minimum absolute atomic E-state index is 0.00104. The molecule has 2 heterocycles. The molecule has 2 aromatic heterocycles. The fourth-order valence-corrected chi connectivity index (χ4v) is 4.55. The number of anilines is 5. The fraction of sp³-hybridized carbons (Fsp3) is 0.222. The zero-order valence-corrected chi connectivity index (χ0v) is 18.4. The van der Waals surface area contributed by atoms with Gasteiger partial charge in [-0.25, -0.2) is 23.4 Å². The molecule has 3 aromatic rings. The molecule has 0 aliphatic rings. The predicted octanol–water partition coefficient (Wildman–Crippen LogP) is 2.81. The first-order valence-electron chi connectivity index (χ1n) is 8.79. The van der Waals surface area contributed by atoms with Gasteiger partial charge in [0.1, 0.15) is 17.5 Å². The molecule has 0 atom stereocenters. The first-order chi connectivity index (χ1) is 14.1. The lowest BCUT2D eigenvalue weighted by Crippen LogP contribution is -2.12. The van der Waals surface area contributed by atoms with Gasteiger partial charge in [0.25, 0.3) is 10.0 Å². The second kappa shape index (κ2) is 8.63. The van der Waals surface area contributed by atoms with Crippen molar-refractivity contribution in [2.75, 3.05) is 34.4 Å². The van der Waals surface area contributed by atoms with Gasteiger partial charge in [0.2, 0.25) is 5.91 Å². The Balaban J connectivity index is 1.71. The number of aromatic nitrogens is 3. The molecule has 3 rings (SSSR count). The number of carbonyl (C=O) groups is 1. The van der Waals surface area contributed by atoms with Crippen molar-refractivity contribution >= 4 is 55.4 Å². The Morgan fingerprint density at radius 3 is 2.40 bits per heavy atom. The highest BCUT2D eigenvalue weighted by Crippen LogP contribution is 2.26. The van der Waals surface area contributed by atoms with Crippen molar-refractivity contribution in [2.45, 2.75) is 18.1 Å². The first-order valence-corrected chi connectivity index (χ1v) is 11.1. The van der Waals surface area contributed by atoms with E-state index in [0.717, 1.165) is 22.8 Å². The fourth-order valence-electron chi connectivity index (χ4n) is 2.41. The third-order valence-electron chi connectivity index (χ3n) is 3.72. The average molecular weight is 448 g/mol. The van der Waals surface area contributed by atoms with Crippen molar-refractivity contribution in [1.82, 2.24) is 15.0 Å². The van der Waals surface area contributed by atoms with Crippen LogP contribution in [0.2, 0.25) is 0 Å². The van der Waals surface area contributed by atoms with Crippen LogP contribution in [0.15, 0.2) is 40.7 Å². The first kappa shape index (κ1) is 21.5. The second-order valence-corrected chi connectivity index (χ2v) is 9.47. The number of sulfonamides is 1. The summed E-state index contributed by atoms with van der Waals surface area (Å²) in [5.41, 5.74) is 1.13. The lowest BCUT2D eigenvalue weighted by molar-refractivity contribution is -0.114. The Morgan fingerprint density at radius 1 is 1.10 bits per heavy atom. The largest absolute Gasteiger partial charge is 0.363 e. The van der Waals surface area contributed by atoms with Crippen LogP contribution in [0.5, 0.6) is 0 Å². The van der Waals surface area contributed by atoms with Gasteiger partial charge in [0.05, 0.1) is 6.20 Å². The third-order valence-corrected chi connectivity index (χ3v) is 6.48. The molecular formula is C18H21N7O3S2. The van der Waals surface area contributed by atoms with Crippen molar-refractivity contribution in [1.29, 1.82) is 0 Å². The molecular weight excluding hydrogens is 426 g/mol. The monoisotopic (exact) mass is 447 g/mol. The molecule has 12 heteroatoms. The minimum atomic E-state index is -3.81. The normalized spacial score (nSPS) is 11.1. The number of carbonyl (C=O) groups excluding carboxylic acids is 1. The van der Waals surface area contributed by atoms with E-state index in [1.54, 1.807) is 24.3 Å². The van der Waals surface area contributed by atoms with Gasteiger partial charge in [-0.2, -0.15) is 0 Å². The maximum Gasteiger partial charge on any atom is 0.273 e. The highest BCUT2D eigenvalue weighted by atomic mass is 32.2. The van der Waals surface area contributed by atoms with Gasteiger partial charge in [-0.15, -0.1) is 0 Å². The Bertz CT molecular complexity index is 1160. The summed E-state index contributed by atoms with van der Waals surface area (Å²) >= 11 is 0.873. The molecule has 1 aromatic carbocycles. The van der Waals surface area contributed by atoms with Gasteiger partial charge in [-0.3, -0.25) is 9.52 Å². The Hall–Kier alpha value is -3.25. The molecule has 0 radical (unpaired) electrons. The van der Waals surface area contributed by atoms with Crippen LogP contribution in [0.25, 0.3) is 0 Å². The molecule has 10 nitrogen and oxygen atoms in total. The third kappa shape index (κ3) is 5.42. The van der Waals surface area contributed by atoms with Gasteiger partial charge >= 0.3 is 0 Å². The van der Waals surface area contributed by atoms with E-state index in [0.29, 0.717) is 17.3 Å². The molecule has 0 bridgehead atoms. The summed E-state index contributed by atoms with van der Waals surface area (Å²) in [7, 11) is -0.0176. The van der Waals surface area contributed by atoms with Gasteiger partial charge in [0.15, 0.2) is 9.34 Å². The van der Waals surface area contributed by atoms with Crippen molar-refractivity contribution in [3.63, 3.8) is 0 Å². The van der Waals surface area contributed by atoms with Crippen LogP contribution in [-0.2, 0) is 14.8 Å². The summed E-state index contributed by atoms with van der Waals surface area (Å²) in [6, 6.07) is 8.56. The van der Waals surface area contributed by atoms with E-state index in [2.05, 4.69) is 30.3 Å². The quantitative estimate of drug-likeness (QED) is 0.504. The molecule has 0 saturated carbocycles. The highest BCUT2D eigenvalue weighted by Gasteiger charge is 2.18. The van der Waals surface area contributed by atoms with Crippen molar-refractivity contribution in [2.24, 2.45) is 0 Å². The number of benzene rings is 1. The van der Waals surface area contributed by atoms with Crippen LogP contribution in [0.4, 0.5) is 28.1 Å². The lowest BCUT2D eigenvalue weighted by Gasteiger charge is -2.14. The molecule has 0 spiro atoms. The van der Waals surface area contributed by atoms with Crippen LogP contribution in [0.1, 0.15) is 12.7 Å². The van der Waals surface area contributed by atoms with Gasteiger partial charge in [0, 0.05) is 38.5 Å². The van der Waals surface area contributed by atoms with E-state index in [-0.39, 0.29) is 15.2 Å². The van der Waals surface area contributed by atoms with Gasteiger partial charge < -0.3 is 15.5 Å². The van der Waals surface area contributed by atoms with Gasteiger partial charge in [-0.05, 0) is 31.2 Å². The number of amides is 1. The van der Waals surface area contributed by atoms with Crippen LogP contribution >= 0.6 is 11.3 Å². The van der Waals surface area contributed by atoms with E-state index >= 15 is 0 Å². The van der Waals surface area contributed by atoms with Crippen molar-refractivity contribution in [3.05, 3.63) is 42.4 Å². The van der Waals surface area contributed by atoms with E-state index in [4.69, 9.17) is 0 Å². The van der Waals surface area contributed by atoms with E-state index in [1.807, 2.05) is 32.0 Å². The number of nitrogens with zero attached hydrogens (tertiary/aromatic N) is 4. The number of thiazole rings is 1. The molecule has 0 unspecified atom stereocenters. The number of aryl methyl sites for hydroxylation is 1. The molecule has 1 amide bonds. The smallest absolute Gasteiger partial charge is 0.273 e. The summed E-state index contributed by atoms with van der Waals surface area (Å²) in [5.74, 6) is 1.73. The van der Waals surface area contributed by atoms with Crippen LogP contribution in [0.3, 0.4) is 0 Å². The number of hydrogen-bond donors (Lipinski definition) is 3. The molecule has 3 N–H and O–H groups in total. The van der Waals surface area contributed by atoms with E-state index in [1.165, 1.54) is 13.1 Å². The van der Waals surface area contributed by atoms with Crippen molar-refractivity contribution in [3.8, 4) is 0 Å². The molecule has 0 saturated heterocycles. The van der Waals surface area contributed by atoms with Crippen molar-refractivity contribution < 1.29 is 13.2 Å². The summed E-state index contributed by atoms with van der Waals surface area (Å²) in [6.45, 7) is 3.14. The number of hydrogen-bond acceptors (Lipinski definition) is 9. The average Bonchev–Trinajstić information content (AvgIpc) is 3.11. The van der Waals surface area contributed by atoms with Gasteiger partial charge in [-0.1, -0.05) is 11.3 Å². The lowest BCUT2D eigenvalue weighted by atomic mass is 10.3. The minimum Gasteiger partial charge on any atom is -0.363 e. The highest BCUT2D eigenvalue weighted by molar-refractivity contribution is 7.94. The maximum absolute atomic E-state index is 12.5. The van der Waals surface area contributed by atoms with Crippen LogP contribution in [0, 0.1) is 6.92 Å². The van der Waals surface area contributed by atoms with E-state index in [9.17, 15) is 13.2 Å². The summed E-state index contributed by atoms with van der Waals surface area (Å²) in [6.07, 6.45) is 1.20. The Morgan fingerprint density at radius 2 is 1.77 bits per heavy atom. The topological polar surface area (TPSA) is 129 Å². The summed E-state index contributed by atoms with van der Waals surface area (Å²) < 4.78 is 27.5. The molecule has 0 fully saturated rings. The van der Waals surface area contributed by atoms with E-state index < -0.39 is 10.0 Å². The summed E-state index contributed by atoms with van der Waals surface area (Å²) in [5, 5.41) is 5.86. The predicted molar refractivity (Wildman–Crippen MR) is 118 cm³/mol. The SMILES string of the molecule is CC(=O)Nc1ncc(S(=O)(=O)Nc2ccc(Nc3cc(N(C)C)nc(C)n3)cc2)s1. The Labute approximate surface area is 178 Å². The summed E-state index contributed by atoms with van der Waals surface area (Å²) in [4.78, 5) is 25.6. The molecule has 30 heavy (non-hydrogen) atoms. The number of nitrogens with one attached hydrogen (secondary N) is 3. The maximum atomic E-state index is 12.5. The molecule has 158 valence electrons. The zero-order chi connectivity index (χ0) is 21.9. The van der Waals surface area contributed by atoms with Crippen LogP contribution in [-0.4, -0.2) is 43.4 Å². The molecule has 0 aliphatic carbocycles. The Kier molecular flexibility index (Phi) is 6.17. The number of rotatable bonds is 7. The zero-order valence-electron chi connectivity index (χ0n) is 16.8. The second-order valence-electron chi connectivity index (χ2n) is 6.53. The standard InChI is InChI=1S/C18H21N7O3S2/c1-11-20-15(9-16(21-11)25(3)4)23-13-5-7-14(8-6-13)24-30(27,28)17-10-19-18(29-17)22-12(2)26/h5-10,24H,1-4H3,(H,19,22,26)(H,20,21,23). The molecule has 0 aliphatic heterocycles.